The number of aromatic nitrogens is 3. The van der Waals surface area contributed by atoms with Crippen LogP contribution in [0.1, 0.15) is 13.8 Å². The molecular formula is C11H13N3OS2. The topological polar surface area (TPSA) is 39.9 Å². The van der Waals surface area contributed by atoms with Gasteiger partial charge in [-0.2, -0.15) is 0 Å². The maximum atomic E-state index is 5.39. The van der Waals surface area contributed by atoms with Crippen LogP contribution in [0.15, 0.2) is 24.3 Å². The third kappa shape index (κ3) is 3.17. The van der Waals surface area contributed by atoms with Crippen molar-refractivity contribution in [3.63, 3.8) is 0 Å². The van der Waals surface area contributed by atoms with Crippen molar-refractivity contribution in [3.8, 4) is 0 Å². The van der Waals surface area contributed by atoms with Gasteiger partial charge in [-0.25, -0.2) is 4.68 Å². The van der Waals surface area contributed by atoms with Gasteiger partial charge in [0.1, 0.15) is 5.52 Å². The highest BCUT2D eigenvalue weighted by Gasteiger charge is 2.06. The van der Waals surface area contributed by atoms with E-state index in [1.165, 1.54) is 11.8 Å². The Labute approximate surface area is 109 Å². The molecule has 0 fully saturated rings. The number of hydrogen-bond acceptors (Lipinski definition) is 5. The molecule has 0 atom stereocenters. The maximum absolute atomic E-state index is 5.39. The van der Waals surface area contributed by atoms with E-state index in [-0.39, 0.29) is 6.10 Å². The highest BCUT2D eigenvalue weighted by Crippen LogP contribution is 2.15. The zero-order chi connectivity index (χ0) is 12.3. The van der Waals surface area contributed by atoms with Crippen LogP contribution in [0, 0.1) is 0 Å². The Kier molecular flexibility index (Phi) is 3.96. The van der Waals surface area contributed by atoms with Gasteiger partial charge < -0.3 is 4.74 Å². The van der Waals surface area contributed by atoms with E-state index in [2.05, 4.69) is 10.3 Å². The zero-order valence-corrected chi connectivity index (χ0v) is 11.3. The van der Waals surface area contributed by atoms with E-state index in [1.54, 1.807) is 0 Å². The molecule has 0 saturated carbocycles. The first-order valence-electron chi connectivity index (χ1n) is 5.28. The van der Waals surface area contributed by atoms with E-state index >= 15 is 0 Å². The first-order valence-corrected chi connectivity index (χ1v) is 6.68. The summed E-state index contributed by atoms with van der Waals surface area (Å²) < 4.78 is 7.75. The Morgan fingerprint density at radius 2 is 2.24 bits per heavy atom. The largest absolute Gasteiger partial charge is 0.476 e. The van der Waals surface area contributed by atoms with Crippen LogP contribution in [0.2, 0.25) is 0 Å². The summed E-state index contributed by atoms with van der Waals surface area (Å²) in [6.45, 7) is 3.91. The molecule has 0 radical (unpaired) electrons. The van der Waals surface area contributed by atoms with Crippen molar-refractivity contribution >= 4 is 39.4 Å². The van der Waals surface area contributed by atoms with Crippen LogP contribution in [0.25, 0.3) is 11.0 Å². The summed E-state index contributed by atoms with van der Waals surface area (Å²) >= 11 is 6.55. The minimum atomic E-state index is 0.113. The van der Waals surface area contributed by atoms with Gasteiger partial charge in [0.25, 0.3) is 0 Å². The molecule has 1 heterocycles. The molecule has 2 rings (SSSR count). The van der Waals surface area contributed by atoms with Gasteiger partial charge in [0.2, 0.25) is 4.38 Å². The van der Waals surface area contributed by atoms with Crippen LogP contribution < -0.4 is 0 Å². The van der Waals surface area contributed by atoms with Crippen LogP contribution in [0.5, 0.6) is 0 Å². The van der Waals surface area contributed by atoms with Gasteiger partial charge in [-0.15, -0.1) is 5.10 Å². The molecule has 1 aromatic heterocycles. The van der Waals surface area contributed by atoms with Crippen LogP contribution in [-0.2, 0) is 10.6 Å². The van der Waals surface area contributed by atoms with E-state index in [1.807, 2.05) is 42.8 Å². The normalized spacial score (nSPS) is 11.0. The summed E-state index contributed by atoms with van der Waals surface area (Å²) in [6, 6.07) is 7.84. The van der Waals surface area contributed by atoms with Crippen molar-refractivity contribution in [3.05, 3.63) is 24.3 Å². The Balaban J connectivity index is 2.02. The molecule has 0 aliphatic rings. The van der Waals surface area contributed by atoms with Crippen molar-refractivity contribution in [2.75, 3.05) is 0 Å². The van der Waals surface area contributed by atoms with Gasteiger partial charge in [0.05, 0.1) is 17.5 Å². The Morgan fingerprint density at radius 1 is 1.47 bits per heavy atom. The third-order valence-electron chi connectivity index (χ3n) is 2.06. The van der Waals surface area contributed by atoms with E-state index in [0.717, 1.165) is 11.0 Å². The molecule has 17 heavy (non-hydrogen) atoms. The minimum absolute atomic E-state index is 0.113. The van der Waals surface area contributed by atoms with Crippen molar-refractivity contribution in [2.45, 2.75) is 25.8 Å². The Bertz CT molecular complexity index is 524. The number of hydrogen-bond donors (Lipinski definition) is 0. The summed E-state index contributed by atoms with van der Waals surface area (Å²) in [7, 11) is 0. The van der Waals surface area contributed by atoms with E-state index in [4.69, 9.17) is 17.0 Å². The molecule has 2 aromatic rings. The van der Waals surface area contributed by atoms with Crippen LogP contribution in [-0.4, -0.2) is 25.5 Å². The molecule has 0 aliphatic heterocycles. The van der Waals surface area contributed by atoms with Gasteiger partial charge in [0, 0.05) is 0 Å². The smallest absolute Gasteiger partial charge is 0.222 e. The summed E-state index contributed by atoms with van der Waals surface area (Å²) in [6.07, 6.45) is 0.113. The van der Waals surface area contributed by atoms with Crippen LogP contribution >= 0.6 is 24.0 Å². The molecule has 6 heteroatoms. The predicted octanol–water partition coefficient (Wildman–Crippen LogP) is 2.83. The molecule has 0 aliphatic carbocycles. The molecule has 0 unspecified atom stereocenters. The second-order valence-electron chi connectivity index (χ2n) is 3.77. The number of benzene rings is 1. The fourth-order valence-corrected chi connectivity index (χ4v) is 2.38. The van der Waals surface area contributed by atoms with Crippen molar-refractivity contribution < 1.29 is 4.74 Å². The lowest BCUT2D eigenvalue weighted by atomic mass is 10.3. The number of nitrogens with zero attached hydrogens (tertiary/aromatic N) is 3. The first-order chi connectivity index (χ1) is 8.16. The third-order valence-corrected chi connectivity index (χ3v) is 3.21. The molecule has 0 N–H and O–H groups in total. The van der Waals surface area contributed by atoms with E-state index in [0.29, 0.717) is 10.3 Å². The minimum Gasteiger partial charge on any atom is -0.476 e. The number of rotatable bonds is 3. The molecular weight excluding hydrogens is 254 g/mol. The van der Waals surface area contributed by atoms with E-state index < -0.39 is 0 Å². The number of para-hydroxylation sites is 1. The lowest BCUT2D eigenvalue weighted by Crippen LogP contribution is -2.08. The van der Waals surface area contributed by atoms with Crippen LogP contribution in [0.4, 0.5) is 0 Å². The highest BCUT2D eigenvalue weighted by atomic mass is 32.2. The molecule has 0 saturated heterocycles. The quantitative estimate of drug-likeness (QED) is 0.800. The number of ether oxygens (including phenoxy) is 1. The van der Waals surface area contributed by atoms with Gasteiger partial charge in [-0.1, -0.05) is 29.1 Å². The molecule has 0 spiro atoms. The second kappa shape index (κ2) is 5.46. The summed E-state index contributed by atoms with van der Waals surface area (Å²) in [5.41, 5.74) is 1.90. The number of thioether (sulfide) groups is 1. The van der Waals surface area contributed by atoms with Gasteiger partial charge >= 0.3 is 0 Å². The summed E-state index contributed by atoms with van der Waals surface area (Å²) in [5.74, 6) is 0.617. The van der Waals surface area contributed by atoms with E-state index in [9.17, 15) is 0 Å². The predicted molar refractivity (Wildman–Crippen MR) is 73.9 cm³/mol. The highest BCUT2D eigenvalue weighted by molar-refractivity contribution is 8.21. The lowest BCUT2D eigenvalue weighted by Gasteiger charge is -2.09. The second-order valence-corrected chi connectivity index (χ2v) is 5.31. The van der Waals surface area contributed by atoms with Gasteiger partial charge in [-0.3, -0.25) is 0 Å². The van der Waals surface area contributed by atoms with Crippen molar-refractivity contribution in [2.24, 2.45) is 0 Å². The first kappa shape index (κ1) is 12.3. The van der Waals surface area contributed by atoms with Crippen molar-refractivity contribution in [1.82, 2.24) is 15.0 Å². The molecule has 0 bridgehead atoms. The van der Waals surface area contributed by atoms with Gasteiger partial charge in [0.15, 0.2) is 0 Å². The molecule has 1 aromatic carbocycles. The Hall–Kier alpha value is -1.14. The van der Waals surface area contributed by atoms with Gasteiger partial charge in [-0.05, 0) is 38.2 Å². The summed E-state index contributed by atoms with van der Waals surface area (Å²) in [5, 5.41) is 8.15. The molecule has 0 amide bonds. The average Bonchev–Trinajstić information content (AvgIpc) is 2.69. The molecule has 90 valence electrons. The molecule has 4 nitrogen and oxygen atoms in total. The fourth-order valence-electron chi connectivity index (χ4n) is 1.35. The average molecular weight is 267 g/mol. The standard InChI is InChI=1S/C11H13N3OS2/c1-8(2)15-11(16)17-7-14-10-6-4-3-5-9(10)12-13-14/h3-6,8H,7H2,1-2H3. The summed E-state index contributed by atoms with van der Waals surface area (Å²) in [4.78, 5) is 0. The number of fused-ring (bicyclic) bond motifs is 1. The lowest BCUT2D eigenvalue weighted by molar-refractivity contribution is 0.243. The Morgan fingerprint density at radius 3 is 3.00 bits per heavy atom. The SMILES string of the molecule is CC(C)OC(=S)SCn1nnc2ccccc21. The zero-order valence-electron chi connectivity index (χ0n) is 9.66. The monoisotopic (exact) mass is 267 g/mol. The van der Waals surface area contributed by atoms with Crippen molar-refractivity contribution in [1.29, 1.82) is 0 Å². The maximum Gasteiger partial charge on any atom is 0.222 e. The number of thiocarbonyl (C=S) groups is 1. The van der Waals surface area contributed by atoms with Crippen LogP contribution in [0.3, 0.4) is 0 Å². The fraction of sp³-hybridized carbons (Fsp3) is 0.364.